The molecule has 6 nitrogen and oxygen atoms in total. The minimum atomic E-state index is -0.530. The standard InChI is InChI=1S/C22H24ClFN4O2.ClH/c1-25-13-6-8-14(9-7-13)30-20-10-15-18(11-19(20)29-2)26-12-27-22(15)28-17-5-3-4-16(23)21(17)24;/h3-5,10-14,25H,6-9H2,1-2H3,(H,26,27,28);1H. The molecule has 0 aliphatic heterocycles. The molecule has 2 aromatic carbocycles. The predicted molar refractivity (Wildman–Crippen MR) is 124 cm³/mol. The molecule has 0 atom stereocenters. The van der Waals surface area contributed by atoms with E-state index in [0.717, 1.165) is 25.7 Å². The molecule has 2 N–H and O–H groups in total. The van der Waals surface area contributed by atoms with Gasteiger partial charge in [0.15, 0.2) is 17.3 Å². The number of fused-ring (bicyclic) bond motifs is 1. The topological polar surface area (TPSA) is 68.3 Å². The first-order chi connectivity index (χ1) is 14.6. The van der Waals surface area contributed by atoms with Gasteiger partial charge in [-0.15, -0.1) is 12.4 Å². The Morgan fingerprint density at radius 2 is 1.87 bits per heavy atom. The highest BCUT2D eigenvalue weighted by Crippen LogP contribution is 2.37. The van der Waals surface area contributed by atoms with Gasteiger partial charge in [-0.1, -0.05) is 17.7 Å². The summed E-state index contributed by atoms with van der Waals surface area (Å²) in [5, 5.41) is 7.10. The zero-order valence-corrected chi connectivity index (χ0v) is 18.9. The number of anilines is 2. The fraction of sp³-hybridized carbons (Fsp3) is 0.364. The Labute approximate surface area is 191 Å². The van der Waals surface area contributed by atoms with Crippen molar-refractivity contribution >= 4 is 46.4 Å². The average molecular weight is 467 g/mol. The van der Waals surface area contributed by atoms with Gasteiger partial charge in [0.05, 0.1) is 29.4 Å². The van der Waals surface area contributed by atoms with Gasteiger partial charge in [-0.3, -0.25) is 0 Å². The fourth-order valence-corrected chi connectivity index (χ4v) is 3.97. The molecule has 1 saturated carbocycles. The highest BCUT2D eigenvalue weighted by atomic mass is 35.5. The number of hydrogen-bond donors (Lipinski definition) is 2. The van der Waals surface area contributed by atoms with Crippen LogP contribution in [0.5, 0.6) is 11.5 Å². The van der Waals surface area contributed by atoms with Gasteiger partial charge in [-0.05, 0) is 50.9 Å². The Balaban J connectivity index is 0.00000272. The Morgan fingerprint density at radius 3 is 2.58 bits per heavy atom. The van der Waals surface area contributed by atoms with Crippen molar-refractivity contribution in [2.75, 3.05) is 19.5 Å². The van der Waals surface area contributed by atoms with Gasteiger partial charge in [-0.25, -0.2) is 14.4 Å². The van der Waals surface area contributed by atoms with Gasteiger partial charge in [-0.2, -0.15) is 0 Å². The molecule has 1 fully saturated rings. The van der Waals surface area contributed by atoms with E-state index in [0.29, 0.717) is 34.3 Å². The number of hydrogen-bond acceptors (Lipinski definition) is 6. The molecule has 1 aliphatic carbocycles. The van der Waals surface area contributed by atoms with Crippen LogP contribution in [0, 0.1) is 5.82 Å². The molecule has 0 saturated heterocycles. The maximum absolute atomic E-state index is 14.4. The van der Waals surface area contributed by atoms with E-state index in [-0.39, 0.29) is 29.2 Å². The van der Waals surface area contributed by atoms with E-state index in [9.17, 15) is 4.39 Å². The lowest BCUT2D eigenvalue weighted by Gasteiger charge is -2.29. The van der Waals surface area contributed by atoms with Crippen molar-refractivity contribution in [3.63, 3.8) is 0 Å². The lowest BCUT2D eigenvalue weighted by Crippen LogP contribution is -2.34. The molecular weight excluding hydrogens is 442 g/mol. The molecule has 4 rings (SSSR count). The van der Waals surface area contributed by atoms with Crippen LogP contribution < -0.4 is 20.1 Å². The molecular formula is C22H25Cl2FN4O2. The van der Waals surface area contributed by atoms with Gasteiger partial charge in [0.25, 0.3) is 0 Å². The van der Waals surface area contributed by atoms with Crippen LogP contribution in [0.3, 0.4) is 0 Å². The highest BCUT2D eigenvalue weighted by Gasteiger charge is 2.23. The second-order valence-corrected chi connectivity index (χ2v) is 7.76. The van der Waals surface area contributed by atoms with Crippen molar-refractivity contribution in [2.45, 2.75) is 37.8 Å². The van der Waals surface area contributed by atoms with E-state index >= 15 is 0 Å². The summed E-state index contributed by atoms with van der Waals surface area (Å²) in [6.45, 7) is 0. The van der Waals surface area contributed by atoms with Crippen LogP contribution in [-0.4, -0.2) is 36.3 Å². The summed E-state index contributed by atoms with van der Waals surface area (Å²) in [7, 11) is 3.60. The largest absolute Gasteiger partial charge is 0.493 e. The van der Waals surface area contributed by atoms with Gasteiger partial charge in [0.1, 0.15) is 12.1 Å². The summed E-state index contributed by atoms with van der Waals surface area (Å²) in [6, 6.07) is 8.99. The van der Waals surface area contributed by atoms with Crippen LogP contribution in [0.15, 0.2) is 36.7 Å². The van der Waals surface area contributed by atoms with Crippen molar-refractivity contribution in [1.29, 1.82) is 0 Å². The zero-order valence-electron chi connectivity index (χ0n) is 17.3. The van der Waals surface area contributed by atoms with Crippen LogP contribution in [0.2, 0.25) is 5.02 Å². The van der Waals surface area contributed by atoms with E-state index in [4.69, 9.17) is 21.1 Å². The smallest absolute Gasteiger partial charge is 0.165 e. The summed E-state index contributed by atoms with van der Waals surface area (Å²) in [5.41, 5.74) is 0.907. The Kier molecular flexibility index (Phi) is 7.75. The molecule has 31 heavy (non-hydrogen) atoms. The molecule has 0 unspecified atom stereocenters. The molecule has 9 heteroatoms. The number of aromatic nitrogens is 2. The summed E-state index contributed by atoms with van der Waals surface area (Å²) in [6.07, 6.45) is 5.62. The zero-order chi connectivity index (χ0) is 21.1. The summed E-state index contributed by atoms with van der Waals surface area (Å²) in [5.74, 6) is 1.17. The highest BCUT2D eigenvalue weighted by molar-refractivity contribution is 6.31. The number of methoxy groups -OCH3 is 1. The first-order valence-corrected chi connectivity index (χ1v) is 10.3. The van der Waals surface area contributed by atoms with Gasteiger partial charge >= 0.3 is 0 Å². The fourth-order valence-electron chi connectivity index (χ4n) is 3.79. The van der Waals surface area contributed by atoms with E-state index in [1.54, 1.807) is 19.2 Å². The third-order valence-corrected chi connectivity index (χ3v) is 5.79. The van der Waals surface area contributed by atoms with Crippen molar-refractivity contribution in [3.8, 4) is 11.5 Å². The number of nitrogens with zero attached hydrogens (tertiary/aromatic N) is 2. The van der Waals surface area contributed by atoms with Crippen LogP contribution in [-0.2, 0) is 0 Å². The number of ether oxygens (including phenoxy) is 2. The second-order valence-electron chi connectivity index (χ2n) is 7.35. The third-order valence-electron chi connectivity index (χ3n) is 5.50. The molecule has 1 heterocycles. The molecule has 3 aromatic rings. The Hall–Kier alpha value is -2.35. The van der Waals surface area contributed by atoms with Crippen molar-refractivity contribution < 1.29 is 13.9 Å². The monoisotopic (exact) mass is 466 g/mol. The molecule has 1 aliphatic rings. The van der Waals surface area contributed by atoms with Gasteiger partial charge < -0.3 is 20.1 Å². The molecule has 0 amide bonds. The average Bonchev–Trinajstić information content (AvgIpc) is 2.77. The SMILES string of the molecule is CNC1CCC(Oc2cc3c(Nc4cccc(Cl)c4F)ncnc3cc2OC)CC1.Cl. The molecule has 1 aromatic heterocycles. The minimum absolute atomic E-state index is 0. The molecule has 0 spiro atoms. The second kappa shape index (κ2) is 10.3. The maximum Gasteiger partial charge on any atom is 0.165 e. The van der Waals surface area contributed by atoms with Crippen LogP contribution in [0.4, 0.5) is 15.9 Å². The molecule has 0 radical (unpaired) electrons. The third kappa shape index (κ3) is 5.11. The molecule has 166 valence electrons. The Bertz CT molecular complexity index is 1050. The summed E-state index contributed by atoms with van der Waals surface area (Å²) < 4.78 is 26.2. The number of rotatable bonds is 6. The first-order valence-electron chi connectivity index (χ1n) is 9.96. The lowest BCUT2D eigenvalue weighted by molar-refractivity contribution is 0.137. The minimum Gasteiger partial charge on any atom is -0.493 e. The van der Waals surface area contributed by atoms with Gasteiger partial charge in [0.2, 0.25) is 0 Å². The summed E-state index contributed by atoms with van der Waals surface area (Å²) >= 11 is 5.90. The van der Waals surface area contributed by atoms with Gasteiger partial charge in [0, 0.05) is 17.5 Å². The Morgan fingerprint density at radius 1 is 1.10 bits per heavy atom. The number of nitrogens with one attached hydrogen (secondary N) is 2. The normalized spacial score (nSPS) is 18.3. The van der Waals surface area contributed by atoms with Crippen LogP contribution in [0.1, 0.15) is 25.7 Å². The van der Waals surface area contributed by atoms with E-state index in [1.807, 2.05) is 19.2 Å². The van der Waals surface area contributed by atoms with Crippen molar-refractivity contribution in [1.82, 2.24) is 15.3 Å². The first kappa shape index (κ1) is 23.3. The van der Waals surface area contributed by atoms with Crippen LogP contribution >= 0.6 is 24.0 Å². The lowest BCUT2D eigenvalue weighted by atomic mass is 9.93. The predicted octanol–water partition coefficient (Wildman–Crippen LogP) is 5.51. The van der Waals surface area contributed by atoms with Crippen molar-refractivity contribution in [2.24, 2.45) is 0 Å². The summed E-state index contributed by atoms with van der Waals surface area (Å²) in [4.78, 5) is 8.63. The van der Waals surface area contributed by atoms with Crippen LogP contribution in [0.25, 0.3) is 10.9 Å². The van der Waals surface area contributed by atoms with E-state index in [1.165, 1.54) is 12.4 Å². The molecule has 0 bridgehead atoms. The number of halogens is 3. The van der Waals surface area contributed by atoms with E-state index in [2.05, 4.69) is 20.6 Å². The maximum atomic E-state index is 14.4. The van der Waals surface area contributed by atoms with Crippen molar-refractivity contribution in [3.05, 3.63) is 47.5 Å². The van der Waals surface area contributed by atoms with E-state index < -0.39 is 5.82 Å². The quantitative estimate of drug-likeness (QED) is 0.499. The number of benzene rings is 2.